The number of piperidine rings is 1. The summed E-state index contributed by atoms with van der Waals surface area (Å²) in [5, 5.41) is 0. The smallest absolute Gasteiger partial charge is 0.331 e. The third kappa shape index (κ3) is 6.15. The second kappa shape index (κ2) is 10.7. The highest BCUT2D eigenvalue weighted by molar-refractivity contribution is 7.89. The molecule has 8 heteroatoms. The lowest BCUT2D eigenvalue weighted by atomic mass is 10.1. The predicted molar refractivity (Wildman–Crippen MR) is 114 cm³/mol. The first-order chi connectivity index (χ1) is 14.5. The molecule has 0 saturated carbocycles. The first-order valence-corrected chi connectivity index (χ1v) is 12.1. The predicted octanol–water partition coefficient (Wildman–Crippen LogP) is 2.82. The maximum absolute atomic E-state index is 12.8. The van der Waals surface area contributed by atoms with E-state index in [1.807, 2.05) is 0 Å². The van der Waals surface area contributed by atoms with Crippen LogP contribution in [0.25, 0.3) is 6.08 Å². The van der Waals surface area contributed by atoms with Crippen molar-refractivity contribution in [2.24, 2.45) is 0 Å². The summed E-state index contributed by atoms with van der Waals surface area (Å²) < 4.78 is 32.2. The zero-order valence-electron chi connectivity index (χ0n) is 17.3. The molecule has 0 bridgehead atoms. The first kappa shape index (κ1) is 22.5. The fourth-order valence-electron chi connectivity index (χ4n) is 3.76. The van der Waals surface area contributed by atoms with Crippen molar-refractivity contribution in [2.45, 2.75) is 49.8 Å². The monoisotopic (exact) mass is 434 g/mol. The SMILES string of the molecule is O=C(C=Cc1ccc(S(=O)(=O)N2CCCCCC2)cc1)OCC(=O)N1CCCCC1. The summed E-state index contributed by atoms with van der Waals surface area (Å²) in [6.07, 6.45) is 9.82. The number of carbonyl (C=O) groups is 2. The van der Waals surface area contributed by atoms with Gasteiger partial charge in [-0.15, -0.1) is 0 Å². The third-order valence-electron chi connectivity index (χ3n) is 5.54. The molecule has 2 fully saturated rings. The minimum Gasteiger partial charge on any atom is -0.452 e. The number of ether oxygens (including phenoxy) is 1. The van der Waals surface area contributed by atoms with Crippen LogP contribution in [0.3, 0.4) is 0 Å². The molecule has 2 aliphatic heterocycles. The van der Waals surface area contributed by atoms with Gasteiger partial charge in [-0.25, -0.2) is 13.2 Å². The van der Waals surface area contributed by atoms with Crippen LogP contribution in [0, 0.1) is 0 Å². The summed E-state index contributed by atoms with van der Waals surface area (Å²) in [4.78, 5) is 25.9. The van der Waals surface area contributed by atoms with Crippen LogP contribution in [0.1, 0.15) is 50.5 Å². The van der Waals surface area contributed by atoms with Crippen molar-refractivity contribution in [3.63, 3.8) is 0 Å². The number of benzene rings is 1. The fourth-order valence-corrected chi connectivity index (χ4v) is 5.28. The average Bonchev–Trinajstić information content (AvgIpc) is 3.07. The van der Waals surface area contributed by atoms with Gasteiger partial charge < -0.3 is 9.64 Å². The number of hydrogen-bond acceptors (Lipinski definition) is 5. The highest BCUT2D eigenvalue weighted by atomic mass is 32.2. The summed E-state index contributed by atoms with van der Waals surface area (Å²) >= 11 is 0. The van der Waals surface area contributed by atoms with Crippen LogP contribution in [0.2, 0.25) is 0 Å². The Kier molecular flexibility index (Phi) is 8.04. The van der Waals surface area contributed by atoms with Gasteiger partial charge in [-0.3, -0.25) is 4.79 Å². The minimum atomic E-state index is -3.49. The van der Waals surface area contributed by atoms with Gasteiger partial charge in [0.05, 0.1) is 4.90 Å². The van der Waals surface area contributed by atoms with Gasteiger partial charge in [0.1, 0.15) is 0 Å². The molecule has 0 aliphatic carbocycles. The maximum Gasteiger partial charge on any atom is 0.331 e. The molecule has 1 amide bonds. The number of hydrogen-bond donors (Lipinski definition) is 0. The molecule has 30 heavy (non-hydrogen) atoms. The lowest BCUT2D eigenvalue weighted by molar-refractivity contribution is -0.148. The standard InChI is InChI=1S/C22H30N2O5S/c25-21(23-14-4-3-5-15-23)18-29-22(26)13-10-19-8-11-20(12-9-19)30(27,28)24-16-6-1-2-7-17-24/h8-13H,1-7,14-18H2. The van der Waals surface area contributed by atoms with Crippen molar-refractivity contribution in [1.82, 2.24) is 9.21 Å². The van der Waals surface area contributed by atoms with Gasteiger partial charge in [0.25, 0.3) is 5.91 Å². The Balaban J connectivity index is 1.52. The first-order valence-electron chi connectivity index (χ1n) is 10.7. The Morgan fingerprint density at radius 3 is 2.07 bits per heavy atom. The third-order valence-corrected chi connectivity index (χ3v) is 7.45. The van der Waals surface area contributed by atoms with E-state index in [9.17, 15) is 18.0 Å². The molecule has 0 aromatic heterocycles. The second-order valence-electron chi connectivity index (χ2n) is 7.77. The number of carbonyl (C=O) groups excluding carboxylic acids is 2. The average molecular weight is 435 g/mol. The van der Waals surface area contributed by atoms with E-state index in [0.29, 0.717) is 18.7 Å². The van der Waals surface area contributed by atoms with Crippen LogP contribution in [0.4, 0.5) is 0 Å². The number of esters is 1. The lowest BCUT2D eigenvalue weighted by Crippen LogP contribution is -2.38. The highest BCUT2D eigenvalue weighted by Gasteiger charge is 2.24. The van der Waals surface area contributed by atoms with Crippen LogP contribution in [0.5, 0.6) is 0 Å². The number of sulfonamides is 1. The molecule has 0 radical (unpaired) electrons. The Hall–Kier alpha value is -2.19. The molecule has 0 N–H and O–H groups in total. The summed E-state index contributed by atoms with van der Waals surface area (Å²) in [6.45, 7) is 2.31. The van der Waals surface area contributed by atoms with Gasteiger partial charge >= 0.3 is 5.97 Å². The van der Waals surface area contributed by atoms with E-state index in [2.05, 4.69) is 0 Å². The van der Waals surface area contributed by atoms with E-state index in [-0.39, 0.29) is 17.4 Å². The topological polar surface area (TPSA) is 84.0 Å². The summed E-state index contributed by atoms with van der Waals surface area (Å²) in [7, 11) is -3.49. The zero-order chi connectivity index (χ0) is 21.4. The Bertz CT molecular complexity index is 850. The molecule has 7 nitrogen and oxygen atoms in total. The number of rotatable bonds is 6. The van der Waals surface area contributed by atoms with Crippen molar-refractivity contribution in [2.75, 3.05) is 32.8 Å². The molecular weight excluding hydrogens is 404 g/mol. The van der Waals surface area contributed by atoms with Crippen molar-refractivity contribution in [3.8, 4) is 0 Å². The molecular formula is C22H30N2O5S. The van der Waals surface area contributed by atoms with Crippen LogP contribution in [-0.4, -0.2) is 62.3 Å². The van der Waals surface area contributed by atoms with Gasteiger partial charge in [0.2, 0.25) is 10.0 Å². The Morgan fingerprint density at radius 2 is 1.43 bits per heavy atom. The molecule has 1 aromatic rings. The van der Waals surface area contributed by atoms with Crippen molar-refractivity contribution in [1.29, 1.82) is 0 Å². The van der Waals surface area contributed by atoms with E-state index < -0.39 is 16.0 Å². The number of likely N-dealkylation sites (tertiary alicyclic amines) is 1. The van der Waals surface area contributed by atoms with Gasteiger partial charge in [0.15, 0.2) is 6.61 Å². The van der Waals surface area contributed by atoms with E-state index in [1.165, 1.54) is 6.08 Å². The lowest BCUT2D eigenvalue weighted by Gasteiger charge is -2.26. The molecule has 2 saturated heterocycles. The zero-order valence-corrected chi connectivity index (χ0v) is 18.1. The molecule has 1 aromatic carbocycles. The highest BCUT2D eigenvalue weighted by Crippen LogP contribution is 2.21. The van der Waals surface area contributed by atoms with Crippen LogP contribution in [-0.2, 0) is 24.3 Å². The maximum atomic E-state index is 12.8. The minimum absolute atomic E-state index is 0.167. The van der Waals surface area contributed by atoms with Gasteiger partial charge in [-0.2, -0.15) is 4.31 Å². The Morgan fingerprint density at radius 1 is 0.867 bits per heavy atom. The van der Waals surface area contributed by atoms with Crippen LogP contribution in [0.15, 0.2) is 35.2 Å². The van der Waals surface area contributed by atoms with E-state index in [0.717, 1.165) is 58.0 Å². The quantitative estimate of drug-likeness (QED) is 0.508. The van der Waals surface area contributed by atoms with Crippen LogP contribution >= 0.6 is 0 Å². The van der Waals surface area contributed by atoms with E-state index in [4.69, 9.17) is 4.74 Å². The van der Waals surface area contributed by atoms with Gasteiger partial charge in [0, 0.05) is 32.3 Å². The van der Waals surface area contributed by atoms with Crippen LogP contribution < -0.4 is 0 Å². The molecule has 2 aliphatic rings. The normalized spacial score (nSPS) is 18.9. The molecule has 0 spiro atoms. The van der Waals surface area contributed by atoms with Crippen molar-refractivity contribution < 1.29 is 22.7 Å². The molecule has 0 unspecified atom stereocenters. The van der Waals surface area contributed by atoms with Crippen molar-refractivity contribution >= 4 is 28.0 Å². The molecule has 0 atom stereocenters. The second-order valence-corrected chi connectivity index (χ2v) is 9.71. The van der Waals surface area contributed by atoms with Crippen molar-refractivity contribution in [3.05, 3.63) is 35.9 Å². The largest absolute Gasteiger partial charge is 0.452 e. The summed E-state index contributed by atoms with van der Waals surface area (Å²) in [6, 6.07) is 6.44. The summed E-state index contributed by atoms with van der Waals surface area (Å²) in [5.41, 5.74) is 0.684. The fraction of sp³-hybridized carbons (Fsp3) is 0.545. The number of nitrogens with zero attached hydrogens (tertiary/aromatic N) is 2. The molecule has 2 heterocycles. The molecule has 3 rings (SSSR count). The van der Waals surface area contributed by atoms with Gasteiger partial charge in [-0.05, 0) is 55.9 Å². The van der Waals surface area contributed by atoms with E-state index in [1.54, 1.807) is 39.5 Å². The summed E-state index contributed by atoms with van der Waals surface area (Å²) in [5.74, 6) is -0.763. The van der Waals surface area contributed by atoms with E-state index >= 15 is 0 Å². The van der Waals surface area contributed by atoms with Gasteiger partial charge in [-0.1, -0.05) is 25.0 Å². The number of amides is 1. The Labute approximate surface area is 178 Å². The molecule has 164 valence electrons.